The van der Waals surface area contributed by atoms with Crippen molar-refractivity contribution < 1.29 is 9.53 Å². The molecule has 2 fully saturated rings. The molecule has 2 heterocycles. The van der Waals surface area contributed by atoms with Crippen molar-refractivity contribution in [2.24, 2.45) is 13.0 Å². The first-order valence-electron chi connectivity index (χ1n) is 10.9. The highest BCUT2D eigenvalue weighted by atomic mass is 16.5. The maximum atomic E-state index is 12.6. The third-order valence-corrected chi connectivity index (χ3v) is 6.32. The molecular weight excluding hydrogens is 364 g/mol. The summed E-state index contributed by atoms with van der Waals surface area (Å²) >= 11 is 0. The zero-order valence-corrected chi connectivity index (χ0v) is 17.3. The summed E-state index contributed by atoms with van der Waals surface area (Å²) in [6, 6.07) is 7.64. The number of benzene rings is 1. The maximum Gasteiger partial charge on any atom is 0.251 e. The number of hydrogen-bond acceptors (Lipinski definition) is 4. The van der Waals surface area contributed by atoms with Crippen molar-refractivity contribution in [3.05, 3.63) is 48.0 Å². The fraction of sp³-hybridized carbons (Fsp3) is 0.565. The Bertz CT molecular complexity index is 787. The molecular formula is C23H32N4O2. The predicted molar refractivity (Wildman–Crippen MR) is 113 cm³/mol. The van der Waals surface area contributed by atoms with E-state index in [0.29, 0.717) is 12.2 Å². The largest absolute Gasteiger partial charge is 0.486 e. The van der Waals surface area contributed by atoms with Crippen LogP contribution in [-0.4, -0.2) is 46.0 Å². The summed E-state index contributed by atoms with van der Waals surface area (Å²) in [6.07, 6.45) is 11.4. The van der Waals surface area contributed by atoms with Gasteiger partial charge in [0.15, 0.2) is 0 Å². The van der Waals surface area contributed by atoms with Crippen LogP contribution in [0.3, 0.4) is 0 Å². The molecule has 1 aliphatic carbocycles. The Hall–Kier alpha value is -2.34. The molecule has 6 nitrogen and oxygen atoms in total. The number of carbonyl (C=O) groups excluding carboxylic acids is 1. The van der Waals surface area contributed by atoms with Crippen LogP contribution in [0.5, 0.6) is 5.75 Å². The summed E-state index contributed by atoms with van der Waals surface area (Å²) < 4.78 is 7.69. The number of amides is 1. The summed E-state index contributed by atoms with van der Waals surface area (Å²) in [4.78, 5) is 19.4. The number of carbonyl (C=O) groups is 1. The summed E-state index contributed by atoms with van der Waals surface area (Å²) in [5, 5.41) is 3.21. The van der Waals surface area contributed by atoms with Crippen LogP contribution in [-0.2, 0) is 13.7 Å². The first kappa shape index (κ1) is 20.0. The van der Waals surface area contributed by atoms with E-state index in [2.05, 4.69) is 15.2 Å². The average molecular weight is 397 g/mol. The predicted octanol–water partition coefficient (Wildman–Crippen LogP) is 3.38. The van der Waals surface area contributed by atoms with E-state index in [0.717, 1.165) is 43.4 Å². The van der Waals surface area contributed by atoms with Crippen molar-refractivity contribution in [1.82, 2.24) is 19.8 Å². The molecule has 4 rings (SSSR count). The molecule has 29 heavy (non-hydrogen) atoms. The fourth-order valence-electron chi connectivity index (χ4n) is 4.47. The van der Waals surface area contributed by atoms with E-state index in [4.69, 9.17) is 4.74 Å². The molecule has 2 aromatic rings. The van der Waals surface area contributed by atoms with Crippen molar-refractivity contribution in [2.45, 2.75) is 51.2 Å². The quantitative estimate of drug-likeness (QED) is 0.779. The Morgan fingerprint density at radius 3 is 2.52 bits per heavy atom. The molecule has 0 radical (unpaired) electrons. The lowest BCUT2D eigenvalue weighted by Gasteiger charge is -2.33. The highest BCUT2D eigenvalue weighted by Gasteiger charge is 2.24. The van der Waals surface area contributed by atoms with Crippen LogP contribution in [0, 0.1) is 5.92 Å². The first-order valence-corrected chi connectivity index (χ1v) is 10.9. The molecule has 1 amide bonds. The fourth-order valence-corrected chi connectivity index (χ4v) is 4.47. The van der Waals surface area contributed by atoms with Crippen LogP contribution < -0.4 is 10.1 Å². The van der Waals surface area contributed by atoms with Gasteiger partial charge < -0.3 is 19.5 Å². The van der Waals surface area contributed by atoms with Crippen molar-refractivity contribution in [1.29, 1.82) is 0 Å². The van der Waals surface area contributed by atoms with E-state index >= 15 is 0 Å². The van der Waals surface area contributed by atoms with Crippen LogP contribution in [0.2, 0.25) is 0 Å². The number of likely N-dealkylation sites (tertiary alicyclic amines) is 1. The molecule has 0 atom stereocenters. The van der Waals surface area contributed by atoms with Gasteiger partial charge in [0.1, 0.15) is 18.2 Å². The Balaban J connectivity index is 1.21. The smallest absolute Gasteiger partial charge is 0.251 e. The molecule has 1 aliphatic heterocycles. The lowest BCUT2D eigenvalue weighted by Crippen LogP contribution is -2.45. The minimum atomic E-state index is 0.00916. The molecule has 1 N–H and O–H groups in total. The van der Waals surface area contributed by atoms with Gasteiger partial charge in [0.25, 0.3) is 5.91 Å². The average Bonchev–Trinajstić information content (AvgIpc) is 3.40. The number of piperidine rings is 1. The molecule has 1 saturated heterocycles. The molecule has 156 valence electrons. The number of imidazole rings is 1. The minimum absolute atomic E-state index is 0.00916. The van der Waals surface area contributed by atoms with Gasteiger partial charge in [0, 0.05) is 50.7 Å². The summed E-state index contributed by atoms with van der Waals surface area (Å²) in [6.45, 7) is 3.86. The second-order valence-electron chi connectivity index (χ2n) is 8.47. The SMILES string of the molecule is Cn1ccnc1COc1ccc(C(=O)NC2CCN(CC3CCCC3)CC2)cc1. The van der Waals surface area contributed by atoms with E-state index in [9.17, 15) is 4.79 Å². The van der Waals surface area contributed by atoms with Crippen molar-refractivity contribution in [3.63, 3.8) is 0 Å². The van der Waals surface area contributed by atoms with Gasteiger partial charge in [-0.25, -0.2) is 4.98 Å². The van der Waals surface area contributed by atoms with Crippen LogP contribution in [0.1, 0.15) is 54.7 Å². The first-order chi connectivity index (χ1) is 14.2. The maximum absolute atomic E-state index is 12.6. The van der Waals surface area contributed by atoms with Crippen molar-refractivity contribution >= 4 is 5.91 Å². The Morgan fingerprint density at radius 1 is 1.14 bits per heavy atom. The molecule has 1 aromatic carbocycles. The van der Waals surface area contributed by atoms with Gasteiger partial charge in [0.05, 0.1) is 0 Å². The highest BCUT2D eigenvalue weighted by Crippen LogP contribution is 2.26. The summed E-state index contributed by atoms with van der Waals surface area (Å²) in [7, 11) is 1.94. The molecule has 6 heteroatoms. The van der Waals surface area contributed by atoms with Gasteiger partial charge in [0.2, 0.25) is 0 Å². The Morgan fingerprint density at radius 2 is 1.86 bits per heavy atom. The molecule has 1 saturated carbocycles. The monoisotopic (exact) mass is 396 g/mol. The number of aryl methyl sites for hydroxylation is 1. The zero-order chi connectivity index (χ0) is 20.1. The van der Waals surface area contributed by atoms with E-state index in [1.54, 1.807) is 6.20 Å². The van der Waals surface area contributed by atoms with E-state index in [1.807, 2.05) is 42.1 Å². The summed E-state index contributed by atoms with van der Waals surface area (Å²) in [5.74, 6) is 2.52. The number of aromatic nitrogens is 2. The Labute approximate surface area is 173 Å². The zero-order valence-electron chi connectivity index (χ0n) is 17.3. The second kappa shape index (κ2) is 9.44. The standard InChI is InChI=1S/C23H32N4O2/c1-26-15-12-24-22(26)17-29-21-8-6-19(7-9-21)23(28)25-20-10-13-27(14-11-20)16-18-4-2-3-5-18/h6-9,12,15,18,20H,2-5,10-11,13-14,16-17H2,1H3,(H,25,28). The topological polar surface area (TPSA) is 59.4 Å². The molecule has 0 bridgehead atoms. The highest BCUT2D eigenvalue weighted by molar-refractivity contribution is 5.94. The van der Waals surface area contributed by atoms with Crippen molar-refractivity contribution in [2.75, 3.05) is 19.6 Å². The lowest BCUT2D eigenvalue weighted by molar-refractivity contribution is 0.0905. The van der Waals surface area contributed by atoms with Gasteiger partial charge in [-0.15, -0.1) is 0 Å². The van der Waals surface area contributed by atoms with Gasteiger partial charge in [-0.05, 0) is 55.9 Å². The number of nitrogens with one attached hydrogen (secondary N) is 1. The third kappa shape index (κ3) is 5.38. The third-order valence-electron chi connectivity index (χ3n) is 6.32. The molecule has 0 spiro atoms. The van der Waals surface area contributed by atoms with Gasteiger partial charge in [-0.1, -0.05) is 12.8 Å². The minimum Gasteiger partial charge on any atom is -0.486 e. The molecule has 2 aliphatic rings. The van der Waals surface area contributed by atoms with E-state index in [-0.39, 0.29) is 11.9 Å². The molecule has 1 aromatic heterocycles. The van der Waals surface area contributed by atoms with Crippen LogP contribution in [0.25, 0.3) is 0 Å². The van der Waals surface area contributed by atoms with Crippen LogP contribution in [0.4, 0.5) is 0 Å². The van der Waals surface area contributed by atoms with Gasteiger partial charge >= 0.3 is 0 Å². The Kier molecular flexibility index (Phi) is 6.49. The summed E-state index contributed by atoms with van der Waals surface area (Å²) in [5.41, 5.74) is 0.683. The van der Waals surface area contributed by atoms with Gasteiger partial charge in [-0.2, -0.15) is 0 Å². The lowest BCUT2D eigenvalue weighted by atomic mass is 10.0. The van der Waals surface area contributed by atoms with Gasteiger partial charge in [-0.3, -0.25) is 4.79 Å². The number of hydrogen-bond donors (Lipinski definition) is 1. The molecule has 0 unspecified atom stereocenters. The number of ether oxygens (including phenoxy) is 1. The van der Waals surface area contributed by atoms with E-state index < -0.39 is 0 Å². The number of rotatable bonds is 7. The normalized spacial score (nSPS) is 18.8. The second-order valence-corrected chi connectivity index (χ2v) is 8.47. The number of nitrogens with zero attached hydrogens (tertiary/aromatic N) is 3. The van der Waals surface area contributed by atoms with Crippen molar-refractivity contribution in [3.8, 4) is 5.75 Å². The van der Waals surface area contributed by atoms with Crippen LogP contribution in [0.15, 0.2) is 36.7 Å². The van der Waals surface area contributed by atoms with E-state index in [1.165, 1.54) is 32.2 Å². The van der Waals surface area contributed by atoms with Crippen LogP contribution >= 0.6 is 0 Å².